The molecule has 0 aromatic heterocycles. The van der Waals surface area contributed by atoms with Crippen molar-refractivity contribution in [3.05, 3.63) is 33.9 Å². The van der Waals surface area contributed by atoms with Crippen LogP contribution in [0.5, 0.6) is 0 Å². The second kappa shape index (κ2) is 6.17. The number of carbonyl (C=O) groups is 1. The molecule has 0 aliphatic carbocycles. The summed E-state index contributed by atoms with van der Waals surface area (Å²) in [6.07, 6.45) is 0. The summed E-state index contributed by atoms with van der Waals surface area (Å²) in [4.78, 5) is 22.1. The highest BCUT2D eigenvalue weighted by Crippen LogP contribution is 2.21. The molecule has 1 rings (SSSR count). The maximum atomic E-state index is 11.8. The van der Waals surface area contributed by atoms with E-state index in [4.69, 9.17) is 0 Å². The van der Waals surface area contributed by atoms with Crippen molar-refractivity contribution in [2.24, 2.45) is 0 Å². The van der Waals surface area contributed by atoms with Crippen LogP contribution in [0.4, 0.5) is 11.4 Å². The highest BCUT2D eigenvalue weighted by molar-refractivity contribution is 5.84. The Hall–Kier alpha value is -2.11. The lowest BCUT2D eigenvalue weighted by Crippen LogP contribution is -2.40. The molecule has 1 amide bonds. The number of nitrogens with zero attached hydrogens (tertiary/aromatic N) is 1. The number of anilines is 1. The summed E-state index contributed by atoms with van der Waals surface area (Å²) in [6.45, 7) is 7.24. The van der Waals surface area contributed by atoms with E-state index >= 15 is 0 Å². The van der Waals surface area contributed by atoms with Gasteiger partial charge < -0.3 is 10.6 Å². The number of hydrogen-bond donors (Lipinski definition) is 2. The van der Waals surface area contributed by atoms with Gasteiger partial charge in [-0.05, 0) is 39.3 Å². The van der Waals surface area contributed by atoms with E-state index in [0.717, 1.165) is 5.56 Å². The van der Waals surface area contributed by atoms with Gasteiger partial charge in [-0.25, -0.2) is 0 Å². The van der Waals surface area contributed by atoms with E-state index in [9.17, 15) is 14.9 Å². The number of aryl methyl sites for hydroxylation is 1. The van der Waals surface area contributed by atoms with Crippen molar-refractivity contribution in [1.29, 1.82) is 0 Å². The number of hydrogen-bond acceptors (Lipinski definition) is 4. The first-order chi connectivity index (χ1) is 8.79. The molecule has 0 saturated heterocycles. The molecule has 104 valence electrons. The number of amides is 1. The van der Waals surface area contributed by atoms with Gasteiger partial charge in [-0.15, -0.1) is 0 Å². The van der Waals surface area contributed by atoms with Crippen molar-refractivity contribution in [1.82, 2.24) is 5.32 Å². The van der Waals surface area contributed by atoms with Gasteiger partial charge in [0.15, 0.2) is 0 Å². The van der Waals surface area contributed by atoms with E-state index < -0.39 is 11.0 Å². The fraction of sp³-hybridized carbons (Fsp3) is 0.462. The molecule has 0 spiro atoms. The van der Waals surface area contributed by atoms with Crippen LogP contribution in [0, 0.1) is 17.0 Å². The number of nitro benzene ring substituents is 1. The van der Waals surface area contributed by atoms with Gasteiger partial charge in [0.1, 0.15) is 6.04 Å². The largest absolute Gasteiger partial charge is 0.374 e. The molecular weight excluding hydrogens is 246 g/mol. The Morgan fingerprint density at radius 3 is 2.42 bits per heavy atom. The highest BCUT2D eigenvalue weighted by atomic mass is 16.6. The molecule has 1 atom stereocenters. The quantitative estimate of drug-likeness (QED) is 0.631. The summed E-state index contributed by atoms with van der Waals surface area (Å²) in [5.41, 5.74) is 1.35. The van der Waals surface area contributed by atoms with Gasteiger partial charge in [-0.2, -0.15) is 0 Å². The number of nitrogens with one attached hydrogen (secondary N) is 2. The zero-order chi connectivity index (χ0) is 14.6. The lowest BCUT2D eigenvalue weighted by Gasteiger charge is -2.17. The van der Waals surface area contributed by atoms with Crippen molar-refractivity contribution in [3.8, 4) is 0 Å². The van der Waals surface area contributed by atoms with E-state index in [0.29, 0.717) is 5.69 Å². The number of carbonyl (C=O) groups excluding carboxylic acids is 1. The van der Waals surface area contributed by atoms with Crippen molar-refractivity contribution in [3.63, 3.8) is 0 Å². The van der Waals surface area contributed by atoms with Crippen LogP contribution in [0.25, 0.3) is 0 Å². The van der Waals surface area contributed by atoms with Crippen molar-refractivity contribution >= 4 is 17.3 Å². The van der Waals surface area contributed by atoms with Gasteiger partial charge in [0.25, 0.3) is 5.69 Å². The van der Waals surface area contributed by atoms with Crippen LogP contribution >= 0.6 is 0 Å². The summed E-state index contributed by atoms with van der Waals surface area (Å²) in [6, 6.07) is 4.29. The first-order valence-electron chi connectivity index (χ1n) is 6.12. The summed E-state index contributed by atoms with van der Waals surface area (Å²) < 4.78 is 0. The molecule has 0 aliphatic rings. The Morgan fingerprint density at radius 1 is 1.26 bits per heavy atom. The van der Waals surface area contributed by atoms with E-state index in [-0.39, 0.29) is 17.6 Å². The van der Waals surface area contributed by atoms with Crippen LogP contribution in [0.1, 0.15) is 26.3 Å². The molecule has 0 saturated carbocycles. The number of non-ortho nitro benzene ring substituents is 1. The molecule has 0 heterocycles. The Labute approximate surface area is 112 Å². The van der Waals surface area contributed by atoms with E-state index in [1.54, 1.807) is 19.9 Å². The van der Waals surface area contributed by atoms with Gasteiger partial charge in [-0.1, -0.05) is 0 Å². The molecule has 6 nitrogen and oxygen atoms in total. The molecule has 1 aromatic rings. The summed E-state index contributed by atoms with van der Waals surface area (Å²) in [7, 11) is 0. The van der Waals surface area contributed by atoms with Crippen LogP contribution in [0.3, 0.4) is 0 Å². The maximum Gasteiger partial charge on any atom is 0.271 e. The van der Waals surface area contributed by atoms with E-state index in [1.165, 1.54) is 12.1 Å². The predicted octanol–water partition coefficient (Wildman–Crippen LogP) is 2.23. The number of nitro groups is 1. The Balaban J connectivity index is 2.81. The molecule has 0 bridgehead atoms. The number of rotatable bonds is 5. The lowest BCUT2D eigenvalue weighted by molar-refractivity contribution is -0.384. The third-order valence-electron chi connectivity index (χ3n) is 2.48. The van der Waals surface area contributed by atoms with E-state index in [2.05, 4.69) is 10.6 Å². The third kappa shape index (κ3) is 4.57. The molecule has 0 aliphatic heterocycles. The van der Waals surface area contributed by atoms with Crippen LogP contribution < -0.4 is 10.6 Å². The normalized spacial score (nSPS) is 12.1. The van der Waals surface area contributed by atoms with Crippen molar-refractivity contribution in [2.75, 3.05) is 5.32 Å². The Kier molecular flexibility index (Phi) is 4.86. The molecule has 19 heavy (non-hydrogen) atoms. The molecule has 0 radical (unpaired) electrons. The van der Waals surface area contributed by atoms with Crippen molar-refractivity contribution in [2.45, 2.75) is 39.8 Å². The van der Waals surface area contributed by atoms with Gasteiger partial charge in [-0.3, -0.25) is 14.9 Å². The predicted molar refractivity (Wildman–Crippen MR) is 74.2 cm³/mol. The molecule has 6 heteroatoms. The SMILES string of the molecule is Cc1cc(NC(C)C(=O)NC(C)C)cc([N+](=O)[O-])c1. The van der Waals surface area contributed by atoms with Crippen LogP contribution in [0.2, 0.25) is 0 Å². The first kappa shape index (κ1) is 14.9. The van der Waals surface area contributed by atoms with Crippen LogP contribution in [-0.2, 0) is 4.79 Å². The molecule has 1 unspecified atom stereocenters. The molecule has 1 aromatic carbocycles. The summed E-state index contributed by atoms with van der Waals surface area (Å²) >= 11 is 0. The van der Waals surface area contributed by atoms with Crippen LogP contribution in [0.15, 0.2) is 18.2 Å². The minimum atomic E-state index is -0.455. The Morgan fingerprint density at radius 2 is 1.89 bits per heavy atom. The highest BCUT2D eigenvalue weighted by Gasteiger charge is 2.15. The fourth-order valence-corrected chi connectivity index (χ4v) is 1.68. The second-order valence-corrected chi connectivity index (χ2v) is 4.84. The molecular formula is C13H19N3O3. The zero-order valence-electron chi connectivity index (χ0n) is 11.6. The van der Waals surface area contributed by atoms with Crippen molar-refractivity contribution < 1.29 is 9.72 Å². The van der Waals surface area contributed by atoms with E-state index in [1.807, 2.05) is 13.8 Å². The summed E-state index contributed by atoms with van der Waals surface area (Å²) in [5.74, 6) is -0.140. The van der Waals surface area contributed by atoms with Crippen LogP contribution in [-0.4, -0.2) is 22.9 Å². The smallest absolute Gasteiger partial charge is 0.271 e. The monoisotopic (exact) mass is 265 g/mol. The zero-order valence-corrected chi connectivity index (χ0v) is 11.6. The average molecular weight is 265 g/mol. The second-order valence-electron chi connectivity index (χ2n) is 4.84. The topological polar surface area (TPSA) is 84.3 Å². The van der Waals surface area contributed by atoms with Gasteiger partial charge in [0, 0.05) is 23.9 Å². The van der Waals surface area contributed by atoms with Gasteiger partial charge >= 0.3 is 0 Å². The van der Waals surface area contributed by atoms with Gasteiger partial charge in [0.2, 0.25) is 5.91 Å². The molecule has 2 N–H and O–H groups in total. The third-order valence-corrected chi connectivity index (χ3v) is 2.48. The number of benzene rings is 1. The first-order valence-corrected chi connectivity index (χ1v) is 6.12. The Bertz CT molecular complexity index is 486. The maximum absolute atomic E-state index is 11.8. The lowest BCUT2D eigenvalue weighted by atomic mass is 10.1. The summed E-state index contributed by atoms with van der Waals surface area (Å²) in [5, 5.41) is 16.5. The minimum absolute atomic E-state index is 0.0129. The molecule has 0 fully saturated rings. The fourth-order valence-electron chi connectivity index (χ4n) is 1.68. The standard InChI is InChI=1S/C13H19N3O3/c1-8(2)14-13(17)10(4)15-11-5-9(3)6-12(7-11)16(18)19/h5-8,10,15H,1-4H3,(H,14,17). The average Bonchev–Trinajstić information content (AvgIpc) is 2.26. The van der Waals surface area contributed by atoms with Gasteiger partial charge in [0.05, 0.1) is 4.92 Å². The minimum Gasteiger partial charge on any atom is -0.374 e.